The highest BCUT2D eigenvalue weighted by Gasteiger charge is 2.34. The average Bonchev–Trinajstić information content (AvgIpc) is 3.58. The number of anilines is 1. The van der Waals surface area contributed by atoms with Gasteiger partial charge in [0.05, 0.1) is 22.1 Å². The molecule has 0 bridgehead atoms. The smallest absolute Gasteiger partial charge is 0.146 e. The van der Waals surface area contributed by atoms with Crippen LogP contribution in [0.2, 0.25) is 0 Å². The molecule has 3 nitrogen and oxygen atoms in total. The molecule has 1 aliphatic heterocycles. The zero-order chi connectivity index (χ0) is 29.3. The minimum Gasteiger partial charge on any atom is -0.307 e. The molecule has 0 unspecified atom stereocenters. The summed E-state index contributed by atoms with van der Waals surface area (Å²) >= 11 is 0. The van der Waals surface area contributed by atoms with E-state index in [1.165, 1.54) is 10.8 Å². The molecule has 6 aromatic carbocycles. The van der Waals surface area contributed by atoms with Crippen molar-refractivity contribution < 1.29 is 0 Å². The van der Waals surface area contributed by atoms with Gasteiger partial charge >= 0.3 is 0 Å². The number of aromatic nitrogens is 1. The van der Waals surface area contributed by atoms with E-state index in [1.54, 1.807) is 0 Å². The van der Waals surface area contributed by atoms with Crippen molar-refractivity contribution in [2.24, 2.45) is 4.99 Å². The second-order valence-electron chi connectivity index (χ2n) is 10.8. The number of aliphatic imine (C=N–C) groups is 1. The monoisotopic (exact) mass is 563 g/mol. The highest BCUT2D eigenvalue weighted by atomic mass is 15.2. The van der Waals surface area contributed by atoms with Crippen molar-refractivity contribution in [1.82, 2.24) is 4.57 Å². The van der Waals surface area contributed by atoms with Crippen molar-refractivity contribution in [3.8, 4) is 5.69 Å². The molecule has 0 aliphatic carbocycles. The second kappa shape index (κ2) is 11.0. The van der Waals surface area contributed by atoms with Crippen LogP contribution in [-0.4, -0.2) is 10.4 Å². The maximum Gasteiger partial charge on any atom is 0.146 e. The van der Waals surface area contributed by atoms with Gasteiger partial charge in [-0.3, -0.25) is 4.90 Å². The summed E-state index contributed by atoms with van der Waals surface area (Å²) in [6.07, 6.45) is 2.30. The topological polar surface area (TPSA) is 20.5 Å². The molecule has 1 aromatic heterocycles. The first-order valence-corrected chi connectivity index (χ1v) is 14.9. The Hall–Kier alpha value is -5.93. The third-order valence-corrected chi connectivity index (χ3v) is 8.13. The van der Waals surface area contributed by atoms with Gasteiger partial charge in [-0.25, -0.2) is 4.99 Å². The van der Waals surface area contributed by atoms with Gasteiger partial charge in [0.15, 0.2) is 0 Å². The zero-order valence-electron chi connectivity index (χ0n) is 24.1. The van der Waals surface area contributed by atoms with E-state index >= 15 is 0 Å². The summed E-state index contributed by atoms with van der Waals surface area (Å²) in [7, 11) is 0. The Labute approximate surface area is 256 Å². The number of nitrogens with zero attached hydrogens (tertiary/aromatic N) is 3. The molecule has 1 aliphatic rings. The molecule has 0 radical (unpaired) electrons. The quantitative estimate of drug-likeness (QED) is 0.211. The summed E-state index contributed by atoms with van der Waals surface area (Å²) in [5.74, 6) is 0.909. The molecule has 2 heterocycles. The van der Waals surface area contributed by atoms with Crippen molar-refractivity contribution in [3.05, 3.63) is 197 Å². The van der Waals surface area contributed by atoms with Crippen LogP contribution in [0.25, 0.3) is 28.2 Å². The van der Waals surface area contributed by atoms with E-state index in [-0.39, 0.29) is 0 Å². The highest BCUT2D eigenvalue weighted by Crippen LogP contribution is 2.37. The minimum absolute atomic E-state index is 0.909. The van der Waals surface area contributed by atoms with Crippen molar-refractivity contribution in [1.29, 1.82) is 0 Å². The van der Waals surface area contributed by atoms with E-state index in [1.807, 2.05) is 18.2 Å². The van der Waals surface area contributed by atoms with Crippen LogP contribution < -0.4 is 15.6 Å². The third-order valence-electron chi connectivity index (χ3n) is 8.13. The Kier molecular flexibility index (Phi) is 6.47. The molecular formula is C41H29N3. The lowest BCUT2D eigenvalue weighted by atomic mass is 10.1. The van der Waals surface area contributed by atoms with E-state index in [0.29, 0.717) is 0 Å². The van der Waals surface area contributed by atoms with E-state index in [2.05, 4.69) is 167 Å². The van der Waals surface area contributed by atoms with Crippen molar-refractivity contribution in [2.45, 2.75) is 0 Å². The molecule has 3 heteroatoms. The first kappa shape index (κ1) is 25.8. The van der Waals surface area contributed by atoms with Crippen LogP contribution >= 0.6 is 0 Å². The largest absolute Gasteiger partial charge is 0.307 e. The molecule has 0 saturated carbocycles. The van der Waals surface area contributed by atoms with E-state index in [9.17, 15) is 0 Å². The van der Waals surface area contributed by atoms with Crippen LogP contribution in [0.5, 0.6) is 0 Å². The molecule has 44 heavy (non-hydrogen) atoms. The number of hydrogen-bond donors (Lipinski definition) is 0. The fraction of sp³-hybridized carbons (Fsp3) is 0. The van der Waals surface area contributed by atoms with Crippen LogP contribution in [0.15, 0.2) is 175 Å². The molecule has 7 aromatic rings. The molecular weight excluding hydrogens is 534 g/mol. The van der Waals surface area contributed by atoms with E-state index < -0.39 is 0 Å². The number of hydrogen-bond acceptors (Lipinski definition) is 1. The lowest BCUT2D eigenvalue weighted by molar-refractivity contribution is 0.994. The first-order chi connectivity index (χ1) is 21.9. The maximum atomic E-state index is 5.29. The SMILES string of the molecule is C(/c1ccccc1)=c1\c2ccccc2/c(=C2\c3ccccc3C(=Nc3ccccc3)N2c2ccccc2)n1-c1ccccc1. The Morgan fingerprint density at radius 3 is 1.66 bits per heavy atom. The van der Waals surface area contributed by atoms with E-state index in [4.69, 9.17) is 4.99 Å². The molecule has 0 saturated heterocycles. The first-order valence-electron chi connectivity index (χ1n) is 14.9. The van der Waals surface area contributed by atoms with Crippen LogP contribution in [0.1, 0.15) is 16.7 Å². The molecule has 0 spiro atoms. The summed E-state index contributed by atoms with van der Waals surface area (Å²) in [6.45, 7) is 0. The summed E-state index contributed by atoms with van der Waals surface area (Å²) < 4.78 is 2.42. The molecule has 0 atom stereocenters. The summed E-state index contributed by atoms with van der Waals surface area (Å²) in [5, 5.41) is 4.65. The van der Waals surface area contributed by atoms with Gasteiger partial charge in [-0.2, -0.15) is 0 Å². The Morgan fingerprint density at radius 2 is 0.977 bits per heavy atom. The van der Waals surface area contributed by atoms with Gasteiger partial charge < -0.3 is 4.57 Å². The molecule has 8 rings (SSSR count). The van der Waals surface area contributed by atoms with Crippen LogP contribution in [0, 0.1) is 0 Å². The molecule has 0 N–H and O–H groups in total. The summed E-state index contributed by atoms with van der Waals surface area (Å²) in [5.41, 5.74) is 7.60. The van der Waals surface area contributed by atoms with Gasteiger partial charge in [-0.05, 0) is 48.0 Å². The van der Waals surface area contributed by atoms with Gasteiger partial charge in [0.25, 0.3) is 0 Å². The maximum absolute atomic E-state index is 5.29. The Bertz CT molecular complexity index is 2250. The standard InChI is InChI=1S/C41H29N3/c1-5-17-30(18-6-1)29-38-34-25-13-14-26-35(34)39(43(38)32-21-9-3-10-22-32)40-36-27-15-16-28-37(36)41(42-31-19-7-2-8-20-31)44(40)33-23-11-4-12-24-33/h1-29H/b38-29-,40-39-,42-41?. The molecule has 0 fully saturated rings. The van der Waals surface area contributed by atoms with Crippen LogP contribution in [0.4, 0.5) is 11.4 Å². The number of amidine groups is 1. The number of rotatable bonds is 4. The van der Waals surface area contributed by atoms with Gasteiger partial charge in [-0.1, -0.05) is 133 Å². The Balaban J connectivity index is 1.59. The Morgan fingerprint density at radius 1 is 0.455 bits per heavy atom. The number of para-hydroxylation sites is 3. The van der Waals surface area contributed by atoms with Crippen molar-refractivity contribution in [2.75, 3.05) is 4.90 Å². The highest BCUT2D eigenvalue weighted by molar-refractivity contribution is 6.25. The third kappa shape index (κ3) is 4.43. The lowest BCUT2D eigenvalue weighted by Gasteiger charge is -2.22. The van der Waals surface area contributed by atoms with Crippen molar-refractivity contribution >= 4 is 39.8 Å². The van der Waals surface area contributed by atoms with Gasteiger partial charge in [0.2, 0.25) is 0 Å². The number of fused-ring (bicyclic) bond motifs is 2. The van der Waals surface area contributed by atoms with Crippen LogP contribution in [0.3, 0.4) is 0 Å². The molecule has 208 valence electrons. The van der Waals surface area contributed by atoms with Crippen LogP contribution in [-0.2, 0) is 0 Å². The molecule has 0 amide bonds. The fourth-order valence-electron chi connectivity index (χ4n) is 6.23. The average molecular weight is 564 g/mol. The summed E-state index contributed by atoms with van der Waals surface area (Å²) in [4.78, 5) is 7.63. The van der Waals surface area contributed by atoms with Crippen molar-refractivity contribution in [3.63, 3.8) is 0 Å². The van der Waals surface area contributed by atoms with E-state index in [0.717, 1.165) is 56.0 Å². The predicted octanol–water partition coefficient (Wildman–Crippen LogP) is 8.21. The van der Waals surface area contributed by atoms with Gasteiger partial charge in [0, 0.05) is 33.3 Å². The van der Waals surface area contributed by atoms with Gasteiger partial charge in [-0.15, -0.1) is 0 Å². The summed E-state index contributed by atoms with van der Waals surface area (Å²) in [6, 6.07) is 59.5. The lowest BCUT2D eigenvalue weighted by Crippen LogP contribution is -2.33. The second-order valence-corrected chi connectivity index (χ2v) is 10.8. The predicted molar refractivity (Wildman–Crippen MR) is 183 cm³/mol. The van der Waals surface area contributed by atoms with Gasteiger partial charge in [0.1, 0.15) is 5.84 Å². The number of benzene rings is 6. The normalized spacial score (nSPS) is 15.2. The zero-order valence-corrected chi connectivity index (χ0v) is 24.1. The fourth-order valence-corrected chi connectivity index (χ4v) is 6.23. The minimum atomic E-state index is 0.909.